The summed E-state index contributed by atoms with van der Waals surface area (Å²) >= 11 is 0. The van der Waals surface area contributed by atoms with E-state index in [-0.39, 0.29) is 17.9 Å². The minimum absolute atomic E-state index is 0. The molecule has 0 aromatic carbocycles. The monoisotopic (exact) mass is 233 g/mol. The molecule has 2 aliphatic carbocycles. The maximum Gasteiger partial charge on any atom is 0.0620 e. The number of hydrogen-bond donors (Lipinski definition) is 1. The van der Waals surface area contributed by atoms with Gasteiger partial charge in [-0.05, 0) is 38.1 Å². The number of fused-ring (bicyclic) bond motifs is 2. The second-order valence-electron chi connectivity index (χ2n) is 5.72. The predicted molar refractivity (Wildman–Crippen MR) is 65.5 cm³/mol. The van der Waals surface area contributed by atoms with Gasteiger partial charge in [-0.3, -0.25) is 0 Å². The van der Waals surface area contributed by atoms with Gasteiger partial charge in [0.05, 0.1) is 6.10 Å². The van der Waals surface area contributed by atoms with E-state index in [4.69, 9.17) is 4.74 Å². The highest BCUT2D eigenvalue weighted by Gasteiger charge is 2.63. The molecule has 2 nitrogen and oxygen atoms in total. The molecule has 2 bridgehead atoms. The van der Waals surface area contributed by atoms with Gasteiger partial charge in [-0.15, -0.1) is 12.4 Å². The average molecular weight is 234 g/mol. The maximum atomic E-state index is 5.60. The molecule has 0 spiro atoms. The van der Waals surface area contributed by atoms with Gasteiger partial charge in [0.25, 0.3) is 0 Å². The second kappa shape index (κ2) is 3.90. The van der Waals surface area contributed by atoms with Gasteiger partial charge in [0.15, 0.2) is 0 Å². The van der Waals surface area contributed by atoms with E-state index in [1.807, 2.05) is 7.11 Å². The largest absolute Gasteiger partial charge is 0.381 e. The number of nitrogens with one attached hydrogen (secondary N) is 1. The summed E-state index contributed by atoms with van der Waals surface area (Å²) in [6, 6.07) is 0. The lowest BCUT2D eigenvalue weighted by Gasteiger charge is -2.50. The first-order valence-electron chi connectivity index (χ1n) is 5.69. The van der Waals surface area contributed by atoms with Gasteiger partial charge < -0.3 is 10.1 Å². The van der Waals surface area contributed by atoms with Crippen LogP contribution in [0.25, 0.3) is 0 Å². The average Bonchev–Trinajstić information content (AvgIpc) is 2.66. The normalized spacial score (nSPS) is 46.6. The Kier molecular flexibility index (Phi) is 3.45. The van der Waals surface area contributed by atoms with Gasteiger partial charge in [0, 0.05) is 18.6 Å². The fourth-order valence-electron chi connectivity index (χ4n) is 3.87. The molecule has 2 aliphatic rings. The van der Waals surface area contributed by atoms with Crippen LogP contribution < -0.4 is 5.32 Å². The lowest BCUT2D eigenvalue weighted by atomic mass is 9.63. The van der Waals surface area contributed by atoms with Crippen molar-refractivity contribution in [3.8, 4) is 0 Å². The van der Waals surface area contributed by atoms with Crippen molar-refractivity contribution >= 4 is 12.4 Å². The van der Waals surface area contributed by atoms with E-state index in [9.17, 15) is 0 Å². The van der Waals surface area contributed by atoms with Gasteiger partial charge in [-0.2, -0.15) is 0 Å². The van der Waals surface area contributed by atoms with Gasteiger partial charge in [-0.25, -0.2) is 0 Å². The number of rotatable bonds is 2. The lowest BCUT2D eigenvalue weighted by molar-refractivity contribution is -0.0342. The third-order valence-corrected chi connectivity index (χ3v) is 5.43. The Bertz CT molecular complexity index is 244. The first-order valence-corrected chi connectivity index (χ1v) is 5.69. The molecule has 2 rings (SSSR count). The fourth-order valence-corrected chi connectivity index (χ4v) is 3.87. The Hall–Kier alpha value is 0.210. The van der Waals surface area contributed by atoms with Crippen molar-refractivity contribution in [3.05, 3.63) is 0 Å². The van der Waals surface area contributed by atoms with Crippen molar-refractivity contribution in [1.82, 2.24) is 5.32 Å². The summed E-state index contributed by atoms with van der Waals surface area (Å²) in [5.41, 5.74) is 0.651. The summed E-state index contributed by atoms with van der Waals surface area (Å²) in [6.45, 7) is 7.17. The Morgan fingerprint density at radius 1 is 1.20 bits per heavy atom. The van der Waals surface area contributed by atoms with Gasteiger partial charge >= 0.3 is 0 Å². The summed E-state index contributed by atoms with van der Waals surface area (Å²) in [5, 5.41) is 3.55. The first kappa shape index (κ1) is 13.3. The fraction of sp³-hybridized carbons (Fsp3) is 1.00. The second-order valence-corrected chi connectivity index (χ2v) is 5.72. The van der Waals surface area contributed by atoms with Crippen molar-refractivity contribution in [2.75, 3.05) is 14.2 Å². The number of ether oxygens (including phenoxy) is 1. The van der Waals surface area contributed by atoms with E-state index >= 15 is 0 Å². The highest BCUT2D eigenvalue weighted by molar-refractivity contribution is 5.85. The van der Waals surface area contributed by atoms with Gasteiger partial charge in [-0.1, -0.05) is 13.8 Å². The molecule has 0 radical (unpaired) electrons. The van der Waals surface area contributed by atoms with Crippen LogP contribution in [-0.4, -0.2) is 25.8 Å². The Morgan fingerprint density at radius 3 is 2.20 bits per heavy atom. The summed E-state index contributed by atoms with van der Waals surface area (Å²) < 4.78 is 5.60. The number of hydrogen-bond acceptors (Lipinski definition) is 2. The zero-order valence-corrected chi connectivity index (χ0v) is 11.3. The van der Waals surface area contributed by atoms with Gasteiger partial charge in [0.1, 0.15) is 0 Å². The van der Waals surface area contributed by atoms with Gasteiger partial charge in [0.2, 0.25) is 0 Å². The molecule has 0 aliphatic heterocycles. The molecule has 0 saturated heterocycles. The Morgan fingerprint density at radius 2 is 1.80 bits per heavy atom. The molecule has 15 heavy (non-hydrogen) atoms. The van der Waals surface area contributed by atoms with Crippen molar-refractivity contribution in [2.24, 2.45) is 17.3 Å². The molecule has 0 amide bonds. The molecule has 0 aromatic rings. The summed E-state index contributed by atoms with van der Waals surface area (Å²) in [7, 11) is 3.95. The molecule has 2 fully saturated rings. The van der Waals surface area contributed by atoms with Crippen LogP contribution in [0.15, 0.2) is 0 Å². The lowest BCUT2D eigenvalue weighted by Crippen LogP contribution is -2.59. The first-order chi connectivity index (χ1) is 6.47. The van der Waals surface area contributed by atoms with Crippen LogP contribution in [-0.2, 0) is 4.74 Å². The molecule has 1 N–H and O–H groups in total. The van der Waals surface area contributed by atoms with Crippen LogP contribution in [0.2, 0.25) is 0 Å². The smallest absolute Gasteiger partial charge is 0.0620 e. The minimum atomic E-state index is 0. The Balaban J connectivity index is 0.00000112. The highest BCUT2D eigenvalue weighted by Crippen LogP contribution is 2.61. The van der Waals surface area contributed by atoms with E-state index in [0.29, 0.717) is 17.4 Å². The van der Waals surface area contributed by atoms with Crippen LogP contribution in [0.4, 0.5) is 0 Å². The molecular formula is C12H24ClNO. The van der Waals surface area contributed by atoms with E-state index in [0.717, 1.165) is 5.92 Å². The highest BCUT2D eigenvalue weighted by atomic mass is 35.5. The van der Waals surface area contributed by atoms with Crippen molar-refractivity contribution < 1.29 is 4.74 Å². The Labute approximate surface area is 99.6 Å². The molecule has 2 saturated carbocycles. The van der Waals surface area contributed by atoms with Crippen LogP contribution >= 0.6 is 12.4 Å². The zero-order chi connectivity index (χ0) is 10.6. The number of halogens is 1. The third-order valence-electron chi connectivity index (χ3n) is 5.43. The minimum Gasteiger partial charge on any atom is -0.381 e. The molecule has 4 atom stereocenters. The van der Waals surface area contributed by atoms with Crippen molar-refractivity contribution in [1.29, 1.82) is 0 Å². The van der Waals surface area contributed by atoms with E-state index in [2.05, 4.69) is 33.1 Å². The molecule has 3 heteroatoms. The quantitative estimate of drug-likeness (QED) is 0.791. The molecule has 4 unspecified atom stereocenters. The van der Waals surface area contributed by atoms with E-state index in [1.54, 1.807) is 0 Å². The van der Waals surface area contributed by atoms with Crippen molar-refractivity contribution in [2.45, 2.75) is 45.3 Å². The van der Waals surface area contributed by atoms with E-state index in [1.165, 1.54) is 12.8 Å². The van der Waals surface area contributed by atoms with E-state index < -0.39 is 0 Å². The topological polar surface area (TPSA) is 21.3 Å². The van der Waals surface area contributed by atoms with Crippen molar-refractivity contribution in [3.63, 3.8) is 0 Å². The SMILES string of the molecule is CNC1(C)C2CC(CC2OC)C1(C)C.Cl. The van der Waals surface area contributed by atoms with Crippen LogP contribution in [0.3, 0.4) is 0 Å². The zero-order valence-electron chi connectivity index (χ0n) is 10.5. The standard InChI is InChI=1S/C12H23NO.ClH/c1-11(2)8-6-9(10(7-8)14-5)12(11,3)13-4;/h8-10,13H,6-7H2,1-5H3;1H. The third kappa shape index (κ3) is 1.45. The van der Waals surface area contributed by atoms with Crippen LogP contribution in [0.5, 0.6) is 0 Å². The molecule has 0 aromatic heterocycles. The summed E-state index contributed by atoms with van der Waals surface area (Å²) in [4.78, 5) is 0. The molecular weight excluding hydrogens is 210 g/mol. The van der Waals surface area contributed by atoms with Crippen LogP contribution in [0.1, 0.15) is 33.6 Å². The summed E-state index contributed by atoms with van der Waals surface area (Å²) in [6.07, 6.45) is 3.07. The van der Waals surface area contributed by atoms with Crippen LogP contribution in [0, 0.1) is 17.3 Å². The number of methoxy groups -OCH3 is 1. The molecule has 90 valence electrons. The molecule has 0 heterocycles. The summed E-state index contributed by atoms with van der Waals surface area (Å²) in [5.74, 6) is 1.52. The predicted octanol–water partition coefficient (Wildman–Crippen LogP) is 2.47. The maximum absolute atomic E-state index is 5.60.